The van der Waals surface area contributed by atoms with Crippen LogP contribution in [0.3, 0.4) is 0 Å². The minimum absolute atomic E-state index is 0.313. The Morgan fingerprint density at radius 1 is 1.39 bits per heavy atom. The van der Waals surface area contributed by atoms with Crippen LogP contribution in [-0.2, 0) is 11.3 Å². The van der Waals surface area contributed by atoms with Crippen LogP contribution in [-0.4, -0.2) is 23.6 Å². The van der Waals surface area contributed by atoms with Gasteiger partial charge < -0.3 is 10.1 Å². The van der Waals surface area contributed by atoms with E-state index in [9.17, 15) is 0 Å². The van der Waals surface area contributed by atoms with Gasteiger partial charge in [0.15, 0.2) is 0 Å². The number of hydrogen-bond acceptors (Lipinski definition) is 4. The van der Waals surface area contributed by atoms with Gasteiger partial charge in [0.05, 0.1) is 18.3 Å². The highest BCUT2D eigenvalue weighted by atomic mass is 16.5. The Labute approximate surface area is 109 Å². The van der Waals surface area contributed by atoms with Crippen molar-refractivity contribution in [2.45, 2.75) is 51.7 Å². The zero-order chi connectivity index (χ0) is 13.0. The van der Waals surface area contributed by atoms with Crippen molar-refractivity contribution in [3.63, 3.8) is 0 Å². The summed E-state index contributed by atoms with van der Waals surface area (Å²) in [5.41, 5.74) is 2.10. The number of nitrogens with zero attached hydrogens (tertiary/aromatic N) is 2. The molecule has 100 valence electrons. The number of ether oxygens (including phenoxy) is 1. The lowest BCUT2D eigenvalue weighted by Gasteiger charge is -2.23. The van der Waals surface area contributed by atoms with Gasteiger partial charge >= 0.3 is 0 Å². The third kappa shape index (κ3) is 3.27. The first-order valence-corrected chi connectivity index (χ1v) is 6.80. The van der Waals surface area contributed by atoms with Gasteiger partial charge in [0.25, 0.3) is 0 Å². The summed E-state index contributed by atoms with van der Waals surface area (Å²) in [5.74, 6) is 1.36. The average molecular weight is 249 g/mol. The van der Waals surface area contributed by atoms with E-state index in [1.165, 1.54) is 12.8 Å². The molecular formula is C14H23N3O. The Hall–Kier alpha value is -1.00. The van der Waals surface area contributed by atoms with E-state index in [4.69, 9.17) is 9.72 Å². The van der Waals surface area contributed by atoms with Crippen molar-refractivity contribution in [1.82, 2.24) is 15.3 Å². The van der Waals surface area contributed by atoms with Crippen LogP contribution < -0.4 is 5.32 Å². The summed E-state index contributed by atoms with van der Waals surface area (Å²) in [5, 5.41) is 3.51. The van der Waals surface area contributed by atoms with Crippen molar-refractivity contribution in [3.05, 3.63) is 23.3 Å². The second kappa shape index (κ2) is 6.25. The molecule has 0 spiro atoms. The fourth-order valence-electron chi connectivity index (χ4n) is 2.29. The predicted octanol–water partition coefficient (Wildman–Crippen LogP) is 2.56. The standard InChI is InChI=1S/C14H23N3O/c1-10(2)13-8-11(9-18-3)16-14(17-13)12-6-4-5-7-15-12/h8,10,12,15H,4-7,9H2,1-3H3. The summed E-state index contributed by atoms with van der Waals surface area (Å²) in [6.07, 6.45) is 3.64. The SMILES string of the molecule is COCc1cc(C(C)C)nc(C2CCCCN2)n1. The summed E-state index contributed by atoms with van der Waals surface area (Å²) >= 11 is 0. The zero-order valence-corrected chi connectivity index (χ0v) is 11.6. The summed E-state index contributed by atoms with van der Waals surface area (Å²) < 4.78 is 5.19. The van der Waals surface area contributed by atoms with Crippen molar-refractivity contribution < 1.29 is 4.74 Å². The molecule has 0 aromatic carbocycles. The second-order valence-corrected chi connectivity index (χ2v) is 5.23. The van der Waals surface area contributed by atoms with E-state index < -0.39 is 0 Å². The molecule has 1 N–H and O–H groups in total. The lowest BCUT2D eigenvalue weighted by atomic mass is 10.0. The highest BCUT2D eigenvalue weighted by Crippen LogP contribution is 2.22. The maximum Gasteiger partial charge on any atom is 0.145 e. The maximum atomic E-state index is 5.19. The van der Waals surface area contributed by atoms with E-state index in [1.807, 2.05) is 0 Å². The fourth-order valence-corrected chi connectivity index (χ4v) is 2.29. The topological polar surface area (TPSA) is 47.0 Å². The summed E-state index contributed by atoms with van der Waals surface area (Å²) in [6.45, 7) is 5.95. The summed E-state index contributed by atoms with van der Waals surface area (Å²) in [7, 11) is 1.70. The van der Waals surface area contributed by atoms with Crippen LogP contribution in [0.1, 0.15) is 62.3 Å². The molecule has 1 aliphatic heterocycles. The highest BCUT2D eigenvalue weighted by Gasteiger charge is 2.19. The Kier molecular flexibility index (Phi) is 4.66. The van der Waals surface area contributed by atoms with Crippen molar-refractivity contribution >= 4 is 0 Å². The van der Waals surface area contributed by atoms with Gasteiger partial charge in [0.2, 0.25) is 0 Å². The quantitative estimate of drug-likeness (QED) is 0.891. The Morgan fingerprint density at radius 3 is 2.83 bits per heavy atom. The Bertz CT molecular complexity index is 387. The molecule has 2 rings (SSSR count). The molecule has 4 heteroatoms. The first-order valence-electron chi connectivity index (χ1n) is 6.80. The van der Waals surface area contributed by atoms with Crippen molar-refractivity contribution in [1.29, 1.82) is 0 Å². The monoisotopic (exact) mass is 249 g/mol. The van der Waals surface area contributed by atoms with E-state index >= 15 is 0 Å². The molecule has 1 aliphatic rings. The van der Waals surface area contributed by atoms with Crippen LogP contribution in [0.5, 0.6) is 0 Å². The molecular weight excluding hydrogens is 226 g/mol. The number of nitrogens with one attached hydrogen (secondary N) is 1. The van der Waals surface area contributed by atoms with Crippen LogP contribution >= 0.6 is 0 Å². The second-order valence-electron chi connectivity index (χ2n) is 5.23. The molecule has 1 atom stereocenters. The van der Waals surface area contributed by atoms with Crippen LogP contribution in [0.25, 0.3) is 0 Å². The van der Waals surface area contributed by atoms with Crippen molar-refractivity contribution in [3.8, 4) is 0 Å². The fraction of sp³-hybridized carbons (Fsp3) is 0.714. The van der Waals surface area contributed by atoms with Gasteiger partial charge in [-0.25, -0.2) is 9.97 Å². The highest BCUT2D eigenvalue weighted by molar-refractivity contribution is 5.15. The molecule has 1 aromatic heterocycles. The van der Waals surface area contributed by atoms with Gasteiger partial charge in [0, 0.05) is 12.8 Å². The Balaban J connectivity index is 2.26. The van der Waals surface area contributed by atoms with Gasteiger partial charge in [-0.1, -0.05) is 20.3 Å². The molecule has 0 aliphatic carbocycles. The number of rotatable bonds is 4. The van der Waals surface area contributed by atoms with E-state index in [0.717, 1.165) is 30.2 Å². The number of hydrogen-bond donors (Lipinski definition) is 1. The third-order valence-electron chi connectivity index (χ3n) is 3.32. The maximum absolute atomic E-state index is 5.19. The molecule has 1 saturated heterocycles. The normalized spacial score (nSPS) is 20.3. The minimum atomic E-state index is 0.313. The van der Waals surface area contributed by atoms with Gasteiger partial charge in [-0.15, -0.1) is 0 Å². The molecule has 0 bridgehead atoms. The Morgan fingerprint density at radius 2 is 2.22 bits per heavy atom. The molecule has 0 amide bonds. The van der Waals surface area contributed by atoms with Gasteiger partial charge in [-0.3, -0.25) is 0 Å². The van der Waals surface area contributed by atoms with E-state index in [1.54, 1.807) is 7.11 Å². The largest absolute Gasteiger partial charge is 0.378 e. The molecule has 0 saturated carbocycles. The van der Waals surface area contributed by atoms with Crippen LogP contribution in [0.4, 0.5) is 0 Å². The molecule has 1 fully saturated rings. The lowest BCUT2D eigenvalue weighted by molar-refractivity contribution is 0.180. The summed E-state index contributed by atoms with van der Waals surface area (Å²) in [4.78, 5) is 9.34. The van der Waals surface area contributed by atoms with Crippen LogP contribution in [0.15, 0.2) is 6.07 Å². The molecule has 4 nitrogen and oxygen atoms in total. The average Bonchev–Trinajstić information content (AvgIpc) is 2.40. The molecule has 0 radical (unpaired) electrons. The van der Waals surface area contributed by atoms with Crippen LogP contribution in [0.2, 0.25) is 0 Å². The van der Waals surface area contributed by atoms with E-state index in [-0.39, 0.29) is 0 Å². The van der Waals surface area contributed by atoms with Gasteiger partial charge in [-0.2, -0.15) is 0 Å². The number of aromatic nitrogens is 2. The molecule has 2 heterocycles. The van der Waals surface area contributed by atoms with Gasteiger partial charge in [-0.05, 0) is 31.4 Å². The van der Waals surface area contributed by atoms with Crippen molar-refractivity contribution in [2.24, 2.45) is 0 Å². The number of piperidine rings is 1. The lowest BCUT2D eigenvalue weighted by Crippen LogP contribution is -2.29. The number of methoxy groups -OCH3 is 1. The van der Waals surface area contributed by atoms with Gasteiger partial charge in [0.1, 0.15) is 5.82 Å². The first kappa shape index (κ1) is 13.4. The van der Waals surface area contributed by atoms with E-state index in [0.29, 0.717) is 18.6 Å². The predicted molar refractivity (Wildman–Crippen MR) is 71.4 cm³/mol. The zero-order valence-electron chi connectivity index (χ0n) is 11.6. The molecule has 1 aromatic rings. The van der Waals surface area contributed by atoms with Crippen LogP contribution in [0, 0.1) is 0 Å². The summed E-state index contributed by atoms with van der Waals surface area (Å²) in [6, 6.07) is 2.37. The first-order chi connectivity index (χ1) is 8.70. The van der Waals surface area contributed by atoms with Crippen molar-refractivity contribution in [2.75, 3.05) is 13.7 Å². The minimum Gasteiger partial charge on any atom is -0.378 e. The third-order valence-corrected chi connectivity index (χ3v) is 3.32. The molecule has 1 unspecified atom stereocenters. The molecule has 18 heavy (non-hydrogen) atoms. The smallest absolute Gasteiger partial charge is 0.145 e. The van der Waals surface area contributed by atoms with E-state index in [2.05, 4.69) is 30.2 Å².